The van der Waals surface area contributed by atoms with E-state index in [1.807, 2.05) is 39.0 Å². The molecule has 1 atom stereocenters. The number of nitrogens with one attached hydrogen (secondary N) is 1. The van der Waals surface area contributed by atoms with Crippen molar-refractivity contribution in [3.05, 3.63) is 29.3 Å². The Morgan fingerprint density at radius 2 is 1.86 bits per heavy atom. The second-order valence-electron chi connectivity index (χ2n) is 6.04. The Morgan fingerprint density at radius 3 is 2.45 bits per heavy atom. The number of para-hydroxylation sites is 1. The molecular weight excluding hydrogens is 280 g/mol. The maximum absolute atomic E-state index is 12.4. The van der Waals surface area contributed by atoms with Gasteiger partial charge in [-0.3, -0.25) is 9.69 Å². The Hall–Kier alpha value is -2.04. The van der Waals surface area contributed by atoms with E-state index in [0.717, 1.165) is 23.3 Å². The number of hydrogen-bond acceptors (Lipinski definition) is 3. The molecule has 22 heavy (non-hydrogen) atoms. The van der Waals surface area contributed by atoms with Gasteiger partial charge >= 0.3 is 6.03 Å². The van der Waals surface area contributed by atoms with Crippen LogP contribution in [0.15, 0.2) is 18.2 Å². The molecule has 0 bridgehead atoms. The molecule has 3 amide bonds. The van der Waals surface area contributed by atoms with Crippen LogP contribution in [0.5, 0.6) is 5.75 Å². The number of imide groups is 1. The van der Waals surface area contributed by atoms with Crippen LogP contribution in [0, 0.1) is 13.8 Å². The van der Waals surface area contributed by atoms with E-state index in [9.17, 15) is 9.59 Å². The smallest absolute Gasteiger partial charge is 0.325 e. The lowest BCUT2D eigenvalue weighted by atomic mass is 9.96. The summed E-state index contributed by atoms with van der Waals surface area (Å²) < 4.78 is 5.78. The zero-order valence-corrected chi connectivity index (χ0v) is 13.7. The second-order valence-corrected chi connectivity index (χ2v) is 6.04. The summed E-state index contributed by atoms with van der Waals surface area (Å²) in [4.78, 5) is 25.6. The van der Waals surface area contributed by atoms with E-state index >= 15 is 0 Å². The first kappa shape index (κ1) is 16.3. The standard InChI is InChI=1S/C17H24N2O3/c1-5-9-17(4)15(20)19(16(21)18-17)10-11-22-14-12(2)7-6-8-13(14)3/h6-8H,5,9-11H2,1-4H3,(H,18,21)/t17-/m1/s1. The SMILES string of the molecule is CCC[C@@]1(C)NC(=O)N(CCOc2c(C)cccc2C)C1=O. The van der Waals surface area contributed by atoms with E-state index in [0.29, 0.717) is 13.0 Å². The third-order valence-electron chi connectivity index (χ3n) is 4.07. The number of amides is 3. The molecule has 120 valence electrons. The second kappa shape index (κ2) is 6.38. The molecule has 5 nitrogen and oxygen atoms in total. The van der Waals surface area contributed by atoms with E-state index in [-0.39, 0.29) is 18.5 Å². The molecule has 1 N–H and O–H groups in total. The van der Waals surface area contributed by atoms with Gasteiger partial charge in [-0.25, -0.2) is 4.79 Å². The number of nitrogens with zero attached hydrogens (tertiary/aromatic N) is 1. The van der Waals surface area contributed by atoms with Gasteiger partial charge in [0.2, 0.25) is 0 Å². The molecule has 0 aliphatic carbocycles. The highest BCUT2D eigenvalue weighted by Crippen LogP contribution is 2.24. The maximum atomic E-state index is 12.4. The molecule has 1 fully saturated rings. The number of hydrogen-bond donors (Lipinski definition) is 1. The molecule has 0 saturated carbocycles. The summed E-state index contributed by atoms with van der Waals surface area (Å²) >= 11 is 0. The Balaban J connectivity index is 1.98. The summed E-state index contributed by atoms with van der Waals surface area (Å²) in [5.74, 6) is 0.662. The van der Waals surface area contributed by atoms with Gasteiger partial charge in [0.15, 0.2) is 0 Å². The van der Waals surface area contributed by atoms with E-state index in [4.69, 9.17) is 4.74 Å². The van der Waals surface area contributed by atoms with Crippen molar-refractivity contribution < 1.29 is 14.3 Å². The summed E-state index contributed by atoms with van der Waals surface area (Å²) in [5.41, 5.74) is 1.32. The number of aryl methyl sites for hydroxylation is 2. The van der Waals surface area contributed by atoms with Crippen LogP contribution in [0.2, 0.25) is 0 Å². The van der Waals surface area contributed by atoms with Gasteiger partial charge in [-0.2, -0.15) is 0 Å². The fraction of sp³-hybridized carbons (Fsp3) is 0.529. The predicted molar refractivity (Wildman–Crippen MR) is 85.0 cm³/mol. The van der Waals surface area contributed by atoms with Gasteiger partial charge < -0.3 is 10.1 Å². The Labute approximate surface area is 131 Å². The van der Waals surface area contributed by atoms with Crippen molar-refractivity contribution in [1.29, 1.82) is 0 Å². The number of ether oxygens (including phenoxy) is 1. The van der Waals surface area contributed by atoms with E-state index in [1.54, 1.807) is 6.92 Å². The minimum absolute atomic E-state index is 0.163. The molecule has 0 unspecified atom stereocenters. The van der Waals surface area contributed by atoms with Crippen LogP contribution in [0.25, 0.3) is 0 Å². The average molecular weight is 304 g/mol. The lowest BCUT2D eigenvalue weighted by Crippen LogP contribution is -2.44. The van der Waals surface area contributed by atoms with Crippen LogP contribution in [-0.2, 0) is 4.79 Å². The number of rotatable bonds is 6. The maximum Gasteiger partial charge on any atom is 0.325 e. The first-order chi connectivity index (χ1) is 10.4. The fourth-order valence-electron chi connectivity index (χ4n) is 2.89. The van der Waals surface area contributed by atoms with Crippen LogP contribution in [0.4, 0.5) is 4.79 Å². The highest BCUT2D eigenvalue weighted by atomic mass is 16.5. The topological polar surface area (TPSA) is 58.6 Å². The van der Waals surface area contributed by atoms with Crippen LogP contribution in [0.3, 0.4) is 0 Å². The summed E-state index contributed by atoms with van der Waals surface area (Å²) in [6, 6.07) is 5.61. The van der Waals surface area contributed by atoms with Gasteiger partial charge in [-0.1, -0.05) is 31.5 Å². The molecule has 0 aromatic heterocycles. The summed E-state index contributed by atoms with van der Waals surface area (Å²) in [6.07, 6.45) is 1.49. The van der Waals surface area contributed by atoms with Gasteiger partial charge in [0.25, 0.3) is 5.91 Å². The number of carbonyl (C=O) groups is 2. The van der Waals surface area contributed by atoms with Crippen molar-refractivity contribution in [2.45, 2.75) is 46.1 Å². The van der Waals surface area contributed by atoms with Gasteiger partial charge in [0.1, 0.15) is 17.9 Å². The zero-order valence-electron chi connectivity index (χ0n) is 13.7. The molecule has 1 aromatic carbocycles. The molecule has 2 rings (SSSR count). The Bertz CT molecular complexity index is 565. The molecule has 1 aliphatic rings. The van der Waals surface area contributed by atoms with Crippen LogP contribution < -0.4 is 10.1 Å². The van der Waals surface area contributed by atoms with Crippen molar-refractivity contribution in [1.82, 2.24) is 10.2 Å². The normalized spacial score (nSPS) is 21.2. The Morgan fingerprint density at radius 1 is 1.23 bits per heavy atom. The lowest BCUT2D eigenvalue weighted by Gasteiger charge is -2.21. The van der Waals surface area contributed by atoms with Crippen LogP contribution in [0.1, 0.15) is 37.8 Å². The van der Waals surface area contributed by atoms with E-state index < -0.39 is 5.54 Å². The van der Waals surface area contributed by atoms with Crippen LogP contribution in [-0.4, -0.2) is 35.5 Å². The molecule has 1 saturated heterocycles. The minimum Gasteiger partial charge on any atom is -0.491 e. The summed E-state index contributed by atoms with van der Waals surface area (Å²) in [5, 5.41) is 2.78. The van der Waals surface area contributed by atoms with Gasteiger partial charge in [0, 0.05) is 0 Å². The minimum atomic E-state index is -0.773. The molecule has 1 heterocycles. The van der Waals surface area contributed by atoms with E-state index in [1.165, 1.54) is 4.90 Å². The van der Waals surface area contributed by atoms with Crippen molar-refractivity contribution in [3.63, 3.8) is 0 Å². The van der Waals surface area contributed by atoms with Crippen molar-refractivity contribution >= 4 is 11.9 Å². The first-order valence-corrected chi connectivity index (χ1v) is 7.72. The lowest BCUT2D eigenvalue weighted by molar-refractivity contribution is -0.131. The van der Waals surface area contributed by atoms with Gasteiger partial charge in [-0.05, 0) is 38.3 Å². The van der Waals surface area contributed by atoms with Crippen molar-refractivity contribution in [3.8, 4) is 5.75 Å². The molecule has 1 aliphatic heterocycles. The summed E-state index contributed by atoms with van der Waals surface area (Å²) in [6.45, 7) is 8.30. The molecule has 1 aromatic rings. The number of urea groups is 1. The largest absolute Gasteiger partial charge is 0.491 e. The Kier molecular flexibility index (Phi) is 4.74. The molecule has 0 radical (unpaired) electrons. The molecule has 5 heteroatoms. The average Bonchev–Trinajstić information content (AvgIpc) is 2.65. The fourth-order valence-corrected chi connectivity index (χ4v) is 2.89. The molecular formula is C17H24N2O3. The first-order valence-electron chi connectivity index (χ1n) is 7.72. The van der Waals surface area contributed by atoms with Crippen LogP contribution >= 0.6 is 0 Å². The highest BCUT2D eigenvalue weighted by molar-refractivity contribution is 6.06. The zero-order chi connectivity index (χ0) is 16.3. The summed E-state index contributed by atoms with van der Waals surface area (Å²) in [7, 11) is 0. The third kappa shape index (κ3) is 3.08. The predicted octanol–water partition coefficient (Wildman–Crippen LogP) is 2.79. The molecule has 0 spiro atoms. The highest BCUT2D eigenvalue weighted by Gasteiger charge is 2.46. The van der Waals surface area contributed by atoms with Crippen molar-refractivity contribution in [2.75, 3.05) is 13.2 Å². The number of carbonyl (C=O) groups excluding carboxylic acids is 2. The van der Waals surface area contributed by atoms with E-state index in [2.05, 4.69) is 5.32 Å². The quantitative estimate of drug-likeness (QED) is 0.822. The number of benzene rings is 1. The monoisotopic (exact) mass is 304 g/mol. The van der Waals surface area contributed by atoms with Crippen molar-refractivity contribution in [2.24, 2.45) is 0 Å². The van der Waals surface area contributed by atoms with Gasteiger partial charge in [-0.15, -0.1) is 0 Å². The van der Waals surface area contributed by atoms with Gasteiger partial charge in [0.05, 0.1) is 6.54 Å². The third-order valence-corrected chi connectivity index (χ3v) is 4.07.